The Morgan fingerprint density at radius 2 is 2.00 bits per heavy atom. The molecule has 2 aromatic heterocycles. The SMILES string of the molecule is COc1ccc([C@@H](C)n2nnc3c(C(N)=O)ncn3c2=O)cc1. The molecular weight excluding hydrogens is 300 g/mol. The van der Waals surface area contributed by atoms with Crippen LogP contribution >= 0.6 is 0 Å². The highest BCUT2D eigenvalue weighted by atomic mass is 16.5. The number of nitrogens with zero attached hydrogens (tertiary/aromatic N) is 5. The molecule has 0 saturated carbocycles. The minimum absolute atomic E-state index is 0.0423. The molecule has 118 valence electrons. The van der Waals surface area contributed by atoms with Crippen molar-refractivity contribution in [2.45, 2.75) is 13.0 Å². The van der Waals surface area contributed by atoms with E-state index in [1.165, 1.54) is 11.0 Å². The van der Waals surface area contributed by atoms with Crippen molar-refractivity contribution >= 4 is 11.6 Å². The first-order valence-corrected chi connectivity index (χ1v) is 6.79. The average molecular weight is 314 g/mol. The predicted molar refractivity (Wildman–Crippen MR) is 80.4 cm³/mol. The van der Waals surface area contributed by atoms with E-state index in [4.69, 9.17) is 10.5 Å². The van der Waals surface area contributed by atoms with Crippen molar-refractivity contribution < 1.29 is 9.53 Å². The molecule has 1 atom stereocenters. The number of carbonyl (C=O) groups is 1. The third-order valence-corrected chi connectivity index (χ3v) is 3.58. The molecule has 0 fully saturated rings. The van der Waals surface area contributed by atoms with Crippen molar-refractivity contribution in [2.24, 2.45) is 5.73 Å². The highest BCUT2D eigenvalue weighted by Gasteiger charge is 2.18. The smallest absolute Gasteiger partial charge is 0.353 e. The number of ether oxygens (including phenoxy) is 1. The maximum atomic E-state index is 12.5. The molecule has 3 aromatic rings. The molecule has 3 rings (SSSR count). The summed E-state index contributed by atoms with van der Waals surface area (Å²) < 4.78 is 7.46. The molecule has 9 nitrogen and oxygen atoms in total. The number of carbonyl (C=O) groups excluding carboxylic acids is 1. The number of aromatic nitrogens is 5. The summed E-state index contributed by atoms with van der Waals surface area (Å²) in [6.07, 6.45) is 1.21. The van der Waals surface area contributed by atoms with Crippen LogP contribution in [-0.4, -0.2) is 37.4 Å². The summed E-state index contributed by atoms with van der Waals surface area (Å²) >= 11 is 0. The fraction of sp³-hybridized carbons (Fsp3) is 0.214. The molecule has 0 spiro atoms. The Labute approximate surface area is 130 Å². The maximum Gasteiger partial charge on any atom is 0.353 e. The standard InChI is InChI=1S/C14H14N6O3/c1-8(9-3-5-10(23-2)6-4-9)20-14(22)19-7-16-11(12(15)21)13(19)17-18-20/h3-8H,1-2H3,(H2,15,21)/t8-/m1/s1. The lowest BCUT2D eigenvalue weighted by atomic mass is 10.1. The first-order chi connectivity index (χ1) is 11.0. The number of primary amides is 1. The monoisotopic (exact) mass is 314 g/mol. The zero-order valence-corrected chi connectivity index (χ0v) is 12.5. The van der Waals surface area contributed by atoms with Gasteiger partial charge in [0.2, 0.25) is 0 Å². The first-order valence-electron chi connectivity index (χ1n) is 6.79. The summed E-state index contributed by atoms with van der Waals surface area (Å²) in [7, 11) is 1.58. The van der Waals surface area contributed by atoms with Gasteiger partial charge in [0, 0.05) is 0 Å². The van der Waals surface area contributed by atoms with Crippen molar-refractivity contribution in [1.29, 1.82) is 0 Å². The zero-order chi connectivity index (χ0) is 16.6. The second-order valence-corrected chi connectivity index (χ2v) is 4.92. The molecule has 1 aromatic carbocycles. The Morgan fingerprint density at radius 1 is 1.30 bits per heavy atom. The Balaban J connectivity index is 2.07. The molecule has 0 aliphatic carbocycles. The van der Waals surface area contributed by atoms with Crippen molar-refractivity contribution in [2.75, 3.05) is 7.11 Å². The largest absolute Gasteiger partial charge is 0.497 e. The number of nitrogens with two attached hydrogens (primary N) is 1. The van der Waals surface area contributed by atoms with Gasteiger partial charge < -0.3 is 10.5 Å². The molecular formula is C14H14N6O3. The molecule has 0 radical (unpaired) electrons. The third-order valence-electron chi connectivity index (χ3n) is 3.58. The number of imidazole rings is 1. The quantitative estimate of drug-likeness (QED) is 0.724. The third kappa shape index (κ3) is 2.41. The molecule has 0 aliphatic rings. The first kappa shape index (κ1) is 14.7. The van der Waals surface area contributed by atoms with Gasteiger partial charge in [-0.2, -0.15) is 4.68 Å². The van der Waals surface area contributed by atoms with Crippen LogP contribution in [0.3, 0.4) is 0 Å². The molecule has 23 heavy (non-hydrogen) atoms. The van der Waals surface area contributed by atoms with Crippen molar-refractivity contribution in [3.63, 3.8) is 0 Å². The fourth-order valence-corrected chi connectivity index (χ4v) is 2.26. The molecule has 0 unspecified atom stereocenters. The summed E-state index contributed by atoms with van der Waals surface area (Å²) in [5.41, 5.74) is 5.54. The van der Waals surface area contributed by atoms with Gasteiger partial charge in [-0.1, -0.05) is 17.3 Å². The number of hydrogen-bond acceptors (Lipinski definition) is 6. The lowest BCUT2D eigenvalue weighted by molar-refractivity contribution is 0.0997. The Hall–Kier alpha value is -3.23. The van der Waals surface area contributed by atoms with Crippen LogP contribution in [0.4, 0.5) is 0 Å². The highest BCUT2D eigenvalue weighted by Crippen LogP contribution is 2.19. The second kappa shape index (κ2) is 5.52. The van der Waals surface area contributed by atoms with Crippen LogP contribution in [0.25, 0.3) is 5.65 Å². The molecule has 1 amide bonds. The summed E-state index contributed by atoms with van der Waals surface area (Å²) in [6.45, 7) is 1.82. The van der Waals surface area contributed by atoms with E-state index in [9.17, 15) is 9.59 Å². The Bertz CT molecular complexity index is 928. The van der Waals surface area contributed by atoms with E-state index in [1.807, 2.05) is 19.1 Å². The number of fused-ring (bicyclic) bond motifs is 1. The number of methoxy groups -OCH3 is 1. The minimum atomic E-state index is -0.762. The zero-order valence-electron chi connectivity index (χ0n) is 12.5. The van der Waals surface area contributed by atoms with E-state index in [1.54, 1.807) is 19.2 Å². The van der Waals surface area contributed by atoms with Gasteiger partial charge in [-0.05, 0) is 24.6 Å². The summed E-state index contributed by atoms with van der Waals surface area (Å²) in [4.78, 5) is 27.6. The van der Waals surface area contributed by atoms with Crippen molar-refractivity contribution in [1.82, 2.24) is 24.4 Å². The number of rotatable bonds is 4. The molecule has 0 aliphatic heterocycles. The molecule has 2 heterocycles. The van der Waals surface area contributed by atoms with E-state index >= 15 is 0 Å². The molecule has 9 heteroatoms. The van der Waals surface area contributed by atoms with E-state index in [0.29, 0.717) is 0 Å². The van der Waals surface area contributed by atoms with Gasteiger partial charge in [0.25, 0.3) is 5.91 Å². The van der Waals surface area contributed by atoms with Crippen LogP contribution in [-0.2, 0) is 0 Å². The van der Waals surface area contributed by atoms with Gasteiger partial charge >= 0.3 is 5.69 Å². The maximum absolute atomic E-state index is 12.5. The van der Waals surface area contributed by atoms with Gasteiger partial charge in [-0.3, -0.25) is 4.79 Å². The van der Waals surface area contributed by atoms with E-state index in [0.717, 1.165) is 15.7 Å². The van der Waals surface area contributed by atoms with Crippen LogP contribution in [0.15, 0.2) is 35.4 Å². The molecule has 0 saturated heterocycles. The lowest BCUT2D eigenvalue weighted by Gasteiger charge is -2.13. The normalized spacial score (nSPS) is 12.3. The number of benzene rings is 1. The minimum Gasteiger partial charge on any atom is -0.497 e. The van der Waals surface area contributed by atoms with E-state index in [2.05, 4.69) is 15.3 Å². The fourth-order valence-electron chi connectivity index (χ4n) is 2.26. The second-order valence-electron chi connectivity index (χ2n) is 4.92. The molecule has 0 bridgehead atoms. The summed E-state index contributed by atoms with van der Waals surface area (Å²) in [5.74, 6) is -0.0438. The van der Waals surface area contributed by atoms with Gasteiger partial charge in [-0.25, -0.2) is 14.2 Å². The molecule has 2 N–H and O–H groups in total. The van der Waals surface area contributed by atoms with Gasteiger partial charge in [-0.15, -0.1) is 5.10 Å². The van der Waals surface area contributed by atoms with Crippen LogP contribution < -0.4 is 16.2 Å². The lowest BCUT2D eigenvalue weighted by Crippen LogP contribution is -2.32. The summed E-state index contributed by atoms with van der Waals surface area (Å²) in [6, 6.07) is 6.91. The van der Waals surface area contributed by atoms with E-state index in [-0.39, 0.29) is 17.4 Å². The van der Waals surface area contributed by atoms with Crippen molar-refractivity contribution in [3.8, 4) is 5.75 Å². The average Bonchev–Trinajstić information content (AvgIpc) is 3.00. The van der Waals surface area contributed by atoms with Gasteiger partial charge in [0.15, 0.2) is 11.3 Å². The van der Waals surface area contributed by atoms with Crippen LogP contribution in [0.1, 0.15) is 29.0 Å². The number of hydrogen-bond donors (Lipinski definition) is 1. The van der Waals surface area contributed by atoms with Crippen LogP contribution in [0.5, 0.6) is 5.75 Å². The van der Waals surface area contributed by atoms with E-state index < -0.39 is 11.6 Å². The Morgan fingerprint density at radius 3 is 2.61 bits per heavy atom. The van der Waals surface area contributed by atoms with Crippen LogP contribution in [0, 0.1) is 0 Å². The van der Waals surface area contributed by atoms with Crippen molar-refractivity contribution in [3.05, 3.63) is 52.3 Å². The number of amides is 1. The van der Waals surface area contributed by atoms with Gasteiger partial charge in [0.05, 0.1) is 13.2 Å². The van der Waals surface area contributed by atoms with Crippen LogP contribution in [0.2, 0.25) is 0 Å². The highest BCUT2D eigenvalue weighted by molar-refractivity contribution is 5.96. The Kier molecular flexibility index (Phi) is 3.53. The van der Waals surface area contributed by atoms with Gasteiger partial charge in [0.1, 0.15) is 12.1 Å². The predicted octanol–water partition coefficient (Wildman–Crippen LogP) is 0.00280. The topological polar surface area (TPSA) is 117 Å². The summed E-state index contributed by atoms with van der Waals surface area (Å²) in [5, 5.41) is 7.79.